The highest BCUT2D eigenvalue weighted by atomic mass is 15.2. The normalized spacial score (nSPS) is 11.5. The molecule has 0 atom stereocenters. The SMILES string of the molecule is Cc1ccc(C)c(-c2ccc(/C=N/N=C/c3ccc(-c4cc(C)ccc4C)cc3)cc2)c1. The summed E-state index contributed by atoms with van der Waals surface area (Å²) in [7, 11) is 0. The molecule has 0 unspecified atom stereocenters. The fourth-order valence-electron chi connectivity index (χ4n) is 3.79. The van der Waals surface area contributed by atoms with E-state index in [-0.39, 0.29) is 0 Å². The van der Waals surface area contributed by atoms with E-state index in [1.54, 1.807) is 12.4 Å². The van der Waals surface area contributed by atoms with Gasteiger partial charge in [-0.3, -0.25) is 0 Å². The van der Waals surface area contributed by atoms with Crippen LogP contribution in [0.3, 0.4) is 0 Å². The Morgan fingerprint density at radius 1 is 0.469 bits per heavy atom. The first-order valence-corrected chi connectivity index (χ1v) is 10.9. The van der Waals surface area contributed by atoms with E-state index in [9.17, 15) is 0 Å². The number of nitrogens with zero attached hydrogens (tertiary/aromatic N) is 2. The predicted molar refractivity (Wildman–Crippen MR) is 138 cm³/mol. The maximum absolute atomic E-state index is 4.22. The van der Waals surface area contributed by atoms with Crippen LogP contribution in [0.2, 0.25) is 0 Å². The molecule has 0 bridgehead atoms. The molecule has 0 radical (unpaired) electrons. The predicted octanol–water partition coefficient (Wildman–Crippen LogP) is 7.71. The second-order valence-electron chi connectivity index (χ2n) is 8.37. The first-order chi connectivity index (χ1) is 15.5. The molecule has 0 N–H and O–H groups in total. The van der Waals surface area contributed by atoms with E-state index in [1.807, 2.05) is 0 Å². The van der Waals surface area contributed by atoms with Gasteiger partial charge >= 0.3 is 0 Å². The van der Waals surface area contributed by atoms with Crippen molar-refractivity contribution in [1.82, 2.24) is 0 Å². The molecule has 2 heteroatoms. The summed E-state index contributed by atoms with van der Waals surface area (Å²) in [4.78, 5) is 0. The molecule has 0 heterocycles. The van der Waals surface area contributed by atoms with Crippen molar-refractivity contribution in [2.24, 2.45) is 10.2 Å². The molecule has 32 heavy (non-hydrogen) atoms. The van der Waals surface area contributed by atoms with Crippen molar-refractivity contribution in [2.75, 3.05) is 0 Å². The quantitative estimate of drug-likeness (QED) is 0.235. The Bertz CT molecular complexity index is 1170. The van der Waals surface area contributed by atoms with Gasteiger partial charge in [-0.25, -0.2) is 0 Å². The summed E-state index contributed by atoms with van der Waals surface area (Å²) >= 11 is 0. The van der Waals surface area contributed by atoms with Gasteiger partial charge < -0.3 is 0 Å². The van der Waals surface area contributed by atoms with E-state index in [0.717, 1.165) is 11.1 Å². The van der Waals surface area contributed by atoms with Crippen molar-refractivity contribution in [2.45, 2.75) is 27.7 Å². The summed E-state index contributed by atoms with van der Waals surface area (Å²) in [5, 5.41) is 8.44. The maximum Gasteiger partial charge on any atom is 0.0568 e. The Hall–Kier alpha value is -3.78. The molecule has 4 aromatic carbocycles. The van der Waals surface area contributed by atoms with Gasteiger partial charge in [0.25, 0.3) is 0 Å². The van der Waals surface area contributed by atoms with E-state index in [1.165, 1.54) is 44.5 Å². The van der Waals surface area contributed by atoms with Gasteiger partial charge in [0.1, 0.15) is 0 Å². The third-order valence-corrected chi connectivity index (χ3v) is 5.71. The Balaban J connectivity index is 1.42. The van der Waals surface area contributed by atoms with Crippen LogP contribution in [0, 0.1) is 27.7 Å². The van der Waals surface area contributed by atoms with E-state index < -0.39 is 0 Å². The van der Waals surface area contributed by atoms with E-state index >= 15 is 0 Å². The average Bonchev–Trinajstić information content (AvgIpc) is 2.81. The monoisotopic (exact) mass is 416 g/mol. The standard InChI is InChI=1S/C30H28N2/c1-21-5-7-23(3)29(17-21)27-13-9-25(10-14-27)19-31-32-20-26-11-15-28(16-12-26)30-18-22(2)6-8-24(30)4/h5-20H,1-4H3/b31-19+,32-20+. The first-order valence-electron chi connectivity index (χ1n) is 10.9. The molecule has 4 rings (SSSR count). The van der Waals surface area contributed by atoms with Crippen LogP contribution in [-0.2, 0) is 0 Å². The van der Waals surface area contributed by atoms with Crippen LogP contribution in [0.15, 0.2) is 95.1 Å². The maximum atomic E-state index is 4.22. The van der Waals surface area contributed by atoms with Crippen molar-refractivity contribution >= 4 is 12.4 Å². The zero-order chi connectivity index (χ0) is 22.5. The molecule has 0 aliphatic carbocycles. The molecule has 0 fully saturated rings. The summed E-state index contributed by atoms with van der Waals surface area (Å²) in [6.45, 7) is 8.54. The van der Waals surface area contributed by atoms with Gasteiger partial charge in [-0.1, -0.05) is 96.1 Å². The second kappa shape index (κ2) is 9.57. The van der Waals surface area contributed by atoms with Crippen molar-refractivity contribution in [1.29, 1.82) is 0 Å². The van der Waals surface area contributed by atoms with Crippen molar-refractivity contribution in [3.63, 3.8) is 0 Å². The number of rotatable bonds is 5. The van der Waals surface area contributed by atoms with Crippen LogP contribution in [0.1, 0.15) is 33.4 Å². The third kappa shape index (κ3) is 5.09. The third-order valence-electron chi connectivity index (χ3n) is 5.71. The zero-order valence-electron chi connectivity index (χ0n) is 19.1. The minimum absolute atomic E-state index is 1.03. The zero-order valence-corrected chi connectivity index (χ0v) is 19.1. The van der Waals surface area contributed by atoms with Gasteiger partial charge in [0.05, 0.1) is 12.4 Å². The molecular formula is C30H28N2. The van der Waals surface area contributed by atoms with Crippen LogP contribution in [0.5, 0.6) is 0 Å². The molecule has 0 aliphatic heterocycles. The van der Waals surface area contributed by atoms with Crippen LogP contribution < -0.4 is 0 Å². The summed E-state index contributed by atoms with van der Waals surface area (Å²) < 4.78 is 0. The van der Waals surface area contributed by atoms with Crippen LogP contribution in [-0.4, -0.2) is 12.4 Å². The fourth-order valence-corrected chi connectivity index (χ4v) is 3.79. The van der Waals surface area contributed by atoms with E-state index in [0.29, 0.717) is 0 Å². The Labute approximate surface area is 191 Å². The van der Waals surface area contributed by atoms with Gasteiger partial charge in [-0.15, -0.1) is 0 Å². The van der Waals surface area contributed by atoms with Gasteiger partial charge in [-0.2, -0.15) is 10.2 Å². The smallest absolute Gasteiger partial charge is 0.0568 e. The van der Waals surface area contributed by atoms with Gasteiger partial charge in [0.15, 0.2) is 0 Å². The highest BCUT2D eigenvalue weighted by Crippen LogP contribution is 2.25. The van der Waals surface area contributed by atoms with Crippen LogP contribution in [0.25, 0.3) is 22.3 Å². The van der Waals surface area contributed by atoms with E-state index in [4.69, 9.17) is 0 Å². The van der Waals surface area contributed by atoms with E-state index in [2.05, 4.69) is 123 Å². The molecule has 4 aromatic rings. The molecule has 0 aliphatic rings. The van der Waals surface area contributed by atoms with Gasteiger partial charge in [-0.05, 0) is 72.2 Å². The van der Waals surface area contributed by atoms with Gasteiger partial charge in [0.2, 0.25) is 0 Å². The Morgan fingerprint density at radius 3 is 1.22 bits per heavy atom. The number of hydrogen-bond donors (Lipinski definition) is 0. The van der Waals surface area contributed by atoms with Gasteiger partial charge in [0, 0.05) is 0 Å². The molecule has 2 nitrogen and oxygen atoms in total. The highest BCUT2D eigenvalue weighted by molar-refractivity contribution is 5.84. The number of hydrogen-bond acceptors (Lipinski definition) is 2. The topological polar surface area (TPSA) is 24.7 Å². The molecule has 0 saturated heterocycles. The van der Waals surface area contributed by atoms with Crippen LogP contribution in [0.4, 0.5) is 0 Å². The number of benzene rings is 4. The minimum atomic E-state index is 1.03. The fraction of sp³-hybridized carbons (Fsp3) is 0.133. The summed E-state index contributed by atoms with van der Waals surface area (Å²) in [5.41, 5.74) is 12.1. The Morgan fingerprint density at radius 2 is 0.844 bits per heavy atom. The molecule has 0 saturated carbocycles. The van der Waals surface area contributed by atoms with Crippen molar-refractivity contribution < 1.29 is 0 Å². The molecule has 0 aromatic heterocycles. The summed E-state index contributed by atoms with van der Waals surface area (Å²) in [6.07, 6.45) is 3.57. The molecule has 158 valence electrons. The lowest BCUT2D eigenvalue weighted by atomic mass is 9.98. The average molecular weight is 417 g/mol. The lowest BCUT2D eigenvalue weighted by molar-refractivity contribution is 1.26. The number of aryl methyl sites for hydroxylation is 4. The lowest BCUT2D eigenvalue weighted by Gasteiger charge is -2.07. The van der Waals surface area contributed by atoms with Crippen molar-refractivity contribution in [3.8, 4) is 22.3 Å². The summed E-state index contributed by atoms with van der Waals surface area (Å²) in [6, 6.07) is 30.0. The van der Waals surface area contributed by atoms with Crippen LogP contribution >= 0.6 is 0 Å². The summed E-state index contributed by atoms with van der Waals surface area (Å²) in [5.74, 6) is 0. The second-order valence-corrected chi connectivity index (χ2v) is 8.37. The van der Waals surface area contributed by atoms with Crippen molar-refractivity contribution in [3.05, 3.63) is 118 Å². The lowest BCUT2D eigenvalue weighted by Crippen LogP contribution is -1.87. The molecular weight excluding hydrogens is 388 g/mol. The largest absolute Gasteiger partial charge is 0.159 e. The molecule has 0 amide bonds. The molecule has 0 spiro atoms. The minimum Gasteiger partial charge on any atom is -0.159 e. The Kier molecular flexibility index (Phi) is 6.42. The highest BCUT2D eigenvalue weighted by Gasteiger charge is 2.03. The first kappa shape index (κ1) is 21.5.